The number of anilines is 2. The smallest absolute Gasteiger partial charge is 0.236 e. The molecule has 156 valence electrons. The molecule has 2 aliphatic heterocycles. The number of piperazine rings is 1. The van der Waals surface area contributed by atoms with Crippen molar-refractivity contribution in [3.63, 3.8) is 0 Å². The Bertz CT molecular complexity index is 786. The number of carbonyl (C=O) groups excluding carboxylic acids is 1. The number of hydrogen-bond donors (Lipinski definition) is 1. The van der Waals surface area contributed by atoms with E-state index in [9.17, 15) is 4.79 Å². The zero-order valence-corrected chi connectivity index (χ0v) is 17.8. The van der Waals surface area contributed by atoms with Gasteiger partial charge in [-0.25, -0.2) is 4.98 Å². The van der Waals surface area contributed by atoms with Crippen molar-refractivity contribution in [2.24, 2.45) is 0 Å². The van der Waals surface area contributed by atoms with E-state index in [2.05, 4.69) is 49.3 Å². The van der Waals surface area contributed by atoms with Crippen LogP contribution in [0, 0.1) is 0 Å². The molecule has 0 saturated carbocycles. The minimum Gasteiger partial charge on any atom is -0.336 e. The van der Waals surface area contributed by atoms with Crippen molar-refractivity contribution in [1.82, 2.24) is 20.1 Å². The topological polar surface area (TPSA) is 51.7 Å². The molecule has 4 rings (SSSR count). The molecule has 1 N–H and O–H groups in total. The largest absolute Gasteiger partial charge is 0.336 e. The van der Waals surface area contributed by atoms with Crippen molar-refractivity contribution in [2.45, 2.75) is 25.4 Å². The number of pyridine rings is 1. The molecule has 3 heterocycles. The average Bonchev–Trinajstić information content (AvgIpc) is 2.75. The van der Waals surface area contributed by atoms with Crippen molar-refractivity contribution < 1.29 is 4.79 Å². The molecule has 2 aliphatic rings. The summed E-state index contributed by atoms with van der Waals surface area (Å²) in [7, 11) is 2.04. The predicted octanol–water partition coefficient (Wildman–Crippen LogP) is 2.67. The van der Waals surface area contributed by atoms with Crippen molar-refractivity contribution in [2.75, 3.05) is 44.7 Å². The first-order valence-corrected chi connectivity index (χ1v) is 10.2. The number of halogens is 1. The summed E-state index contributed by atoms with van der Waals surface area (Å²) in [5.41, 5.74) is 2.35. The summed E-state index contributed by atoms with van der Waals surface area (Å²) in [6.45, 7) is 5.15. The van der Waals surface area contributed by atoms with Crippen LogP contribution in [0.5, 0.6) is 0 Å². The molecule has 2 aromatic rings. The second kappa shape index (κ2) is 10.1. The predicted molar refractivity (Wildman–Crippen MR) is 119 cm³/mol. The fourth-order valence-corrected chi connectivity index (χ4v) is 4.19. The van der Waals surface area contributed by atoms with Gasteiger partial charge in [0.2, 0.25) is 5.91 Å². The molecule has 29 heavy (non-hydrogen) atoms. The Morgan fingerprint density at radius 1 is 1.17 bits per heavy atom. The Balaban J connectivity index is 0.00000240. The standard InChI is InChI=1S/C22H29N5O.ClH/c1-25(19-6-3-2-4-7-19)21-10-9-18(14-24-21)16-26-12-5-8-20(17-26)27-13-11-23-15-22(27)28;/h2-4,6-7,9-10,14,20,23H,5,8,11-13,15-17H2,1H3;1H. The highest BCUT2D eigenvalue weighted by molar-refractivity contribution is 5.85. The minimum atomic E-state index is 0. The fourth-order valence-electron chi connectivity index (χ4n) is 4.19. The van der Waals surface area contributed by atoms with Crippen LogP contribution in [0.3, 0.4) is 0 Å². The van der Waals surface area contributed by atoms with Crippen molar-refractivity contribution >= 4 is 29.8 Å². The van der Waals surface area contributed by atoms with E-state index in [1.54, 1.807) is 0 Å². The van der Waals surface area contributed by atoms with E-state index in [1.165, 1.54) is 5.56 Å². The van der Waals surface area contributed by atoms with Gasteiger partial charge in [0.15, 0.2) is 0 Å². The number of hydrogen-bond acceptors (Lipinski definition) is 5. The SMILES string of the molecule is CN(c1ccccc1)c1ccc(CN2CCCC(N3CCNCC3=O)C2)cn1.Cl. The van der Waals surface area contributed by atoms with Crippen LogP contribution in [0.1, 0.15) is 18.4 Å². The molecule has 1 aromatic heterocycles. The number of carbonyl (C=O) groups is 1. The normalized spacial score (nSPS) is 20.2. The van der Waals surface area contributed by atoms with E-state index >= 15 is 0 Å². The molecule has 1 unspecified atom stereocenters. The van der Waals surface area contributed by atoms with Gasteiger partial charge in [0, 0.05) is 51.2 Å². The van der Waals surface area contributed by atoms with E-state index < -0.39 is 0 Å². The first-order chi connectivity index (χ1) is 13.7. The number of likely N-dealkylation sites (tertiary alicyclic amines) is 1. The summed E-state index contributed by atoms with van der Waals surface area (Å²) in [6, 6.07) is 14.9. The zero-order valence-electron chi connectivity index (χ0n) is 17.0. The Morgan fingerprint density at radius 2 is 2.00 bits per heavy atom. The van der Waals surface area contributed by atoms with E-state index in [0.29, 0.717) is 12.6 Å². The number of aromatic nitrogens is 1. The number of para-hydroxylation sites is 1. The van der Waals surface area contributed by atoms with Crippen LogP contribution in [0.25, 0.3) is 0 Å². The van der Waals surface area contributed by atoms with E-state index in [1.807, 2.05) is 31.4 Å². The number of benzene rings is 1. The Hall–Kier alpha value is -2.15. The number of amides is 1. The lowest BCUT2D eigenvalue weighted by Gasteiger charge is -2.41. The Labute approximate surface area is 179 Å². The quantitative estimate of drug-likeness (QED) is 0.813. The fraction of sp³-hybridized carbons (Fsp3) is 0.455. The van der Waals surface area contributed by atoms with Gasteiger partial charge < -0.3 is 15.1 Å². The molecule has 0 aliphatic carbocycles. The zero-order chi connectivity index (χ0) is 19.3. The lowest BCUT2D eigenvalue weighted by atomic mass is 10.0. The minimum absolute atomic E-state index is 0. The molecule has 0 spiro atoms. The number of rotatable bonds is 5. The Kier molecular flexibility index (Phi) is 7.47. The van der Waals surface area contributed by atoms with E-state index in [-0.39, 0.29) is 18.3 Å². The van der Waals surface area contributed by atoms with Crippen molar-refractivity contribution in [3.8, 4) is 0 Å². The Morgan fingerprint density at radius 3 is 2.72 bits per heavy atom. The van der Waals surface area contributed by atoms with Crippen LogP contribution >= 0.6 is 12.4 Å². The van der Waals surface area contributed by atoms with Crippen LogP contribution in [0.2, 0.25) is 0 Å². The third kappa shape index (κ3) is 5.26. The number of nitrogens with one attached hydrogen (secondary N) is 1. The second-order valence-corrected chi connectivity index (χ2v) is 7.71. The van der Waals surface area contributed by atoms with Gasteiger partial charge in [-0.2, -0.15) is 0 Å². The highest BCUT2D eigenvalue weighted by atomic mass is 35.5. The van der Waals surface area contributed by atoms with Gasteiger partial charge in [-0.1, -0.05) is 24.3 Å². The molecule has 6 nitrogen and oxygen atoms in total. The van der Waals surface area contributed by atoms with Gasteiger partial charge >= 0.3 is 0 Å². The average molecular weight is 416 g/mol. The maximum absolute atomic E-state index is 12.2. The summed E-state index contributed by atoms with van der Waals surface area (Å²) in [5.74, 6) is 1.19. The molecule has 0 radical (unpaired) electrons. The number of piperidine rings is 1. The third-order valence-electron chi connectivity index (χ3n) is 5.75. The van der Waals surface area contributed by atoms with Gasteiger partial charge in [-0.05, 0) is 43.1 Å². The highest BCUT2D eigenvalue weighted by Crippen LogP contribution is 2.22. The lowest BCUT2D eigenvalue weighted by Crippen LogP contribution is -2.56. The summed E-state index contributed by atoms with van der Waals surface area (Å²) in [4.78, 5) is 23.5. The van der Waals surface area contributed by atoms with Gasteiger partial charge in [0.25, 0.3) is 0 Å². The second-order valence-electron chi connectivity index (χ2n) is 7.71. The van der Waals surface area contributed by atoms with Crippen molar-refractivity contribution in [3.05, 3.63) is 54.2 Å². The molecular formula is C22H30ClN5O. The first kappa shape index (κ1) is 21.6. The summed E-state index contributed by atoms with van der Waals surface area (Å²) in [5, 5.41) is 3.16. The molecule has 1 atom stereocenters. The monoisotopic (exact) mass is 415 g/mol. The molecule has 2 fully saturated rings. The maximum atomic E-state index is 12.2. The third-order valence-corrected chi connectivity index (χ3v) is 5.75. The highest BCUT2D eigenvalue weighted by Gasteiger charge is 2.29. The van der Waals surface area contributed by atoms with E-state index in [0.717, 1.165) is 57.1 Å². The molecule has 1 amide bonds. The molecule has 7 heteroatoms. The summed E-state index contributed by atoms with van der Waals surface area (Å²) >= 11 is 0. The molecular weight excluding hydrogens is 386 g/mol. The van der Waals surface area contributed by atoms with Gasteiger partial charge in [-0.3, -0.25) is 9.69 Å². The van der Waals surface area contributed by atoms with Crippen LogP contribution in [0.15, 0.2) is 48.7 Å². The molecule has 0 bridgehead atoms. The summed E-state index contributed by atoms with van der Waals surface area (Å²) in [6.07, 6.45) is 4.24. The lowest BCUT2D eigenvalue weighted by molar-refractivity contribution is -0.135. The van der Waals surface area contributed by atoms with Gasteiger partial charge in [0.05, 0.1) is 6.54 Å². The molecule has 2 saturated heterocycles. The first-order valence-electron chi connectivity index (χ1n) is 10.2. The van der Waals surface area contributed by atoms with E-state index in [4.69, 9.17) is 0 Å². The summed E-state index contributed by atoms with van der Waals surface area (Å²) < 4.78 is 0. The van der Waals surface area contributed by atoms with Gasteiger partial charge in [0.1, 0.15) is 5.82 Å². The van der Waals surface area contributed by atoms with Crippen LogP contribution in [-0.2, 0) is 11.3 Å². The maximum Gasteiger partial charge on any atom is 0.236 e. The van der Waals surface area contributed by atoms with Crippen LogP contribution in [0.4, 0.5) is 11.5 Å². The van der Waals surface area contributed by atoms with Crippen molar-refractivity contribution in [1.29, 1.82) is 0 Å². The number of nitrogens with zero attached hydrogens (tertiary/aromatic N) is 4. The van der Waals surface area contributed by atoms with Crippen LogP contribution in [-0.4, -0.2) is 66.5 Å². The van der Waals surface area contributed by atoms with Gasteiger partial charge in [-0.15, -0.1) is 12.4 Å². The van der Waals surface area contributed by atoms with Crippen LogP contribution < -0.4 is 10.2 Å². The molecule has 1 aromatic carbocycles.